The van der Waals surface area contributed by atoms with Gasteiger partial charge in [-0.3, -0.25) is 4.98 Å². The first-order valence-corrected chi connectivity index (χ1v) is 5.88. The molecule has 0 aliphatic heterocycles. The number of hydrogen-bond donors (Lipinski definition) is 2. The second kappa shape index (κ2) is 4.57. The van der Waals surface area contributed by atoms with Gasteiger partial charge < -0.3 is 10.2 Å². The number of H-pyrrole nitrogens is 1. The fraction of sp³-hybridized carbons (Fsp3) is 0.0714. The maximum atomic E-state index is 13.2. The molecular weight excluding hydrogens is 266 g/mol. The van der Waals surface area contributed by atoms with Gasteiger partial charge in [0.2, 0.25) is 0 Å². The smallest absolute Gasteiger partial charge is 0.408 e. The molecule has 0 saturated carbocycles. The third kappa shape index (κ3) is 2.10. The average molecular weight is 276 g/mol. The minimum Gasteiger partial charge on any atom is -0.408 e. The Balaban J connectivity index is 2.04. The van der Waals surface area contributed by atoms with Gasteiger partial charge in [-0.2, -0.15) is 0 Å². The van der Waals surface area contributed by atoms with Crippen molar-refractivity contribution in [2.24, 2.45) is 5.73 Å². The molecule has 20 heavy (non-hydrogen) atoms. The third-order valence-corrected chi connectivity index (χ3v) is 3.11. The third-order valence-electron chi connectivity index (χ3n) is 3.11. The Kier molecular flexibility index (Phi) is 2.87. The van der Waals surface area contributed by atoms with Crippen molar-refractivity contribution in [1.29, 1.82) is 0 Å². The summed E-state index contributed by atoms with van der Waals surface area (Å²) >= 11 is 0. The van der Waals surface area contributed by atoms with E-state index in [1.54, 1.807) is 18.2 Å². The van der Waals surface area contributed by atoms with Crippen molar-refractivity contribution < 1.29 is 13.2 Å². The van der Waals surface area contributed by atoms with Gasteiger partial charge in [-0.05, 0) is 35.4 Å². The normalized spacial score (nSPS) is 12.8. The molecule has 0 saturated heterocycles. The van der Waals surface area contributed by atoms with Crippen LogP contribution in [0.2, 0.25) is 0 Å². The molecule has 4 nitrogen and oxygen atoms in total. The lowest BCUT2D eigenvalue weighted by Crippen LogP contribution is -2.12. The van der Waals surface area contributed by atoms with Crippen LogP contribution < -0.4 is 11.5 Å². The van der Waals surface area contributed by atoms with E-state index in [2.05, 4.69) is 4.98 Å². The van der Waals surface area contributed by atoms with E-state index in [0.29, 0.717) is 22.2 Å². The van der Waals surface area contributed by atoms with Gasteiger partial charge >= 0.3 is 5.76 Å². The first-order chi connectivity index (χ1) is 9.54. The number of aromatic nitrogens is 1. The number of nitrogens with two attached hydrogens (primary N) is 1. The van der Waals surface area contributed by atoms with Crippen LogP contribution in [0.5, 0.6) is 0 Å². The van der Waals surface area contributed by atoms with Crippen LogP contribution in [-0.4, -0.2) is 4.98 Å². The summed E-state index contributed by atoms with van der Waals surface area (Å²) in [4.78, 5) is 13.6. The van der Waals surface area contributed by atoms with Crippen molar-refractivity contribution in [3.63, 3.8) is 0 Å². The molecule has 0 aliphatic carbocycles. The Bertz CT molecular complexity index is 839. The van der Waals surface area contributed by atoms with Crippen LogP contribution in [-0.2, 0) is 0 Å². The van der Waals surface area contributed by atoms with Gasteiger partial charge in [-0.25, -0.2) is 13.6 Å². The van der Waals surface area contributed by atoms with Crippen LogP contribution in [0, 0.1) is 11.6 Å². The van der Waals surface area contributed by atoms with Crippen molar-refractivity contribution in [2.75, 3.05) is 0 Å². The van der Waals surface area contributed by atoms with Crippen molar-refractivity contribution in [2.45, 2.75) is 6.04 Å². The average Bonchev–Trinajstić information content (AvgIpc) is 2.80. The Hall–Kier alpha value is -2.47. The van der Waals surface area contributed by atoms with E-state index in [1.165, 1.54) is 6.07 Å². The first kappa shape index (κ1) is 12.6. The fourth-order valence-electron chi connectivity index (χ4n) is 2.05. The summed E-state index contributed by atoms with van der Waals surface area (Å²) in [6.07, 6.45) is 0. The topological polar surface area (TPSA) is 72.0 Å². The number of halogens is 2. The number of nitrogens with one attached hydrogen (secondary N) is 1. The molecule has 0 radical (unpaired) electrons. The maximum Gasteiger partial charge on any atom is 0.417 e. The minimum absolute atomic E-state index is 0.366. The zero-order valence-electron chi connectivity index (χ0n) is 10.2. The molecule has 1 heterocycles. The lowest BCUT2D eigenvalue weighted by molar-refractivity contribution is 0.506. The van der Waals surface area contributed by atoms with Gasteiger partial charge in [0.15, 0.2) is 17.2 Å². The summed E-state index contributed by atoms with van der Waals surface area (Å²) in [5, 5.41) is 0. The Morgan fingerprint density at radius 3 is 2.50 bits per heavy atom. The molecule has 1 aromatic heterocycles. The standard InChI is InChI=1S/C14H10F2N2O2/c15-9-3-1-7(5-10(9)16)13(17)8-2-4-11-12(6-8)20-14(19)18-11/h1-6,13H,17H2,(H,18,19). The Morgan fingerprint density at radius 1 is 1.05 bits per heavy atom. The van der Waals surface area contributed by atoms with Gasteiger partial charge in [0.25, 0.3) is 0 Å². The number of hydrogen-bond acceptors (Lipinski definition) is 3. The summed E-state index contributed by atoms with van der Waals surface area (Å²) in [6, 6.07) is 7.79. The number of benzene rings is 2. The van der Waals surface area contributed by atoms with Gasteiger partial charge in [0, 0.05) is 0 Å². The molecule has 1 unspecified atom stereocenters. The lowest BCUT2D eigenvalue weighted by Gasteiger charge is -2.12. The van der Waals surface area contributed by atoms with Gasteiger partial charge in [-0.1, -0.05) is 12.1 Å². The van der Waals surface area contributed by atoms with E-state index in [4.69, 9.17) is 10.2 Å². The number of rotatable bonds is 2. The van der Waals surface area contributed by atoms with Crippen LogP contribution in [0.1, 0.15) is 17.2 Å². The number of aromatic amines is 1. The van der Waals surface area contributed by atoms with Gasteiger partial charge in [0.1, 0.15) is 0 Å². The summed E-state index contributed by atoms with van der Waals surface area (Å²) < 4.78 is 31.1. The zero-order chi connectivity index (χ0) is 14.3. The molecule has 6 heteroatoms. The molecule has 2 aromatic carbocycles. The molecule has 1 atom stereocenters. The second-order valence-electron chi connectivity index (χ2n) is 4.42. The number of oxazole rings is 1. The highest BCUT2D eigenvalue weighted by Crippen LogP contribution is 2.23. The van der Waals surface area contributed by atoms with Crippen LogP contribution in [0.25, 0.3) is 11.1 Å². The Labute approximate surface area is 111 Å². The second-order valence-corrected chi connectivity index (χ2v) is 4.42. The predicted molar refractivity (Wildman–Crippen MR) is 69.2 cm³/mol. The van der Waals surface area contributed by atoms with E-state index in [1.807, 2.05) is 0 Å². The largest absolute Gasteiger partial charge is 0.417 e. The summed E-state index contributed by atoms with van der Waals surface area (Å²) in [5.41, 5.74) is 7.99. The minimum atomic E-state index is -0.952. The molecule has 0 spiro atoms. The summed E-state index contributed by atoms with van der Waals surface area (Å²) in [7, 11) is 0. The molecule has 0 bridgehead atoms. The highest BCUT2D eigenvalue weighted by molar-refractivity contribution is 5.73. The highest BCUT2D eigenvalue weighted by Gasteiger charge is 2.13. The lowest BCUT2D eigenvalue weighted by atomic mass is 9.99. The fourth-order valence-corrected chi connectivity index (χ4v) is 2.05. The molecule has 102 valence electrons. The van der Waals surface area contributed by atoms with E-state index < -0.39 is 23.4 Å². The maximum absolute atomic E-state index is 13.2. The monoisotopic (exact) mass is 276 g/mol. The zero-order valence-corrected chi connectivity index (χ0v) is 10.2. The molecular formula is C14H10F2N2O2. The SMILES string of the molecule is NC(c1ccc(F)c(F)c1)c1ccc2[nH]c(=O)oc2c1. The van der Waals surface area contributed by atoms with E-state index in [-0.39, 0.29) is 0 Å². The Morgan fingerprint density at radius 2 is 1.75 bits per heavy atom. The van der Waals surface area contributed by atoms with Crippen molar-refractivity contribution in [3.8, 4) is 0 Å². The van der Waals surface area contributed by atoms with Crippen LogP contribution in [0.15, 0.2) is 45.6 Å². The molecule has 3 rings (SSSR count). The summed E-state index contributed by atoms with van der Waals surface area (Å²) in [6.45, 7) is 0. The molecule has 0 aliphatic rings. The van der Waals surface area contributed by atoms with Crippen molar-refractivity contribution in [1.82, 2.24) is 4.98 Å². The summed E-state index contributed by atoms with van der Waals surface area (Å²) in [5.74, 6) is -2.43. The first-order valence-electron chi connectivity index (χ1n) is 5.88. The molecule has 3 N–H and O–H groups in total. The van der Waals surface area contributed by atoms with Gasteiger partial charge in [-0.15, -0.1) is 0 Å². The quantitative estimate of drug-likeness (QED) is 0.755. The van der Waals surface area contributed by atoms with Crippen molar-refractivity contribution in [3.05, 3.63) is 69.7 Å². The van der Waals surface area contributed by atoms with Crippen LogP contribution >= 0.6 is 0 Å². The predicted octanol–water partition coefficient (Wildman–Crippen LogP) is 2.45. The van der Waals surface area contributed by atoms with Crippen molar-refractivity contribution >= 4 is 11.1 Å². The molecule has 0 fully saturated rings. The molecule has 0 amide bonds. The van der Waals surface area contributed by atoms with E-state index in [9.17, 15) is 13.6 Å². The van der Waals surface area contributed by atoms with Gasteiger partial charge in [0.05, 0.1) is 11.6 Å². The van der Waals surface area contributed by atoms with E-state index in [0.717, 1.165) is 12.1 Å². The molecule has 3 aromatic rings. The highest BCUT2D eigenvalue weighted by atomic mass is 19.2. The van der Waals surface area contributed by atoms with Crippen LogP contribution in [0.3, 0.4) is 0 Å². The number of fused-ring (bicyclic) bond motifs is 1. The van der Waals surface area contributed by atoms with Crippen LogP contribution in [0.4, 0.5) is 8.78 Å². The van der Waals surface area contributed by atoms with E-state index >= 15 is 0 Å².